The molecule has 1 aromatic carbocycles. The maximum atomic E-state index is 12.8. The minimum atomic E-state index is -0.0887. The Bertz CT molecular complexity index is 1190. The van der Waals surface area contributed by atoms with Crippen molar-refractivity contribution in [2.75, 3.05) is 11.9 Å². The summed E-state index contributed by atoms with van der Waals surface area (Å²) in [7, 11) is 0. The third-order valence-corrected chi connectivity index (χ3v) is 6.91. The van der Waals surface area contributed by atoms with Crippen LogP contribution < -0.4 is 10.6 Å². The first-order chi connectivity index (χ1) is 16.3. The van der Waals surface area contributed by atoms with Crippen LogP contribution in [0.4, 0.5) is 5.69 Å². The molecule has 0 spiro atoms. The van der Waals surface area contributed by atoms with Crippen molar-refractivity contribution in [1.82, 2.24) is 19.8 Å². The van der Waals surface area contributed by atoms with Gasteiger partial charge in [-0.2, -0.15) is 0 Å². The average Bonchev–Trinajstić information content (AvgIpc) is 3.29. The Morgan fingerprint density at radius 3 is 2.53 bits per heavy atom. The Morgan fingerprint density at radius 2 is 1.88 bits per heavy atom. The number of aryl methyl sites for hydroxylation is 2. The van der Waals surface area contributed by atoms with Crippen molar-refractivity contribution >= 4 is 28.9 Å². The number of nitrogens with one attached hydrogen (secondary N) is 2. The first kappa shape index (κ1) is 24.0. The number of aromatic nitrogens is 2. The number of hydrogen-bond donors (Lipinski definition) is 2. The van der Waals surface area contributed by atoms with E-state index in [-0.39, 0.29) is 18.0 Å². The molecule has 3 aromatic rings. The molecule has 0 bridgehead atoms. The first-order valence-electron chi connectivity index (χ1n) is 11.8. The van der Waals surface area contributed by atoms with E-state index in [9.17, 15) is 4.79 Å². The van der Waals surface area contributed by atoms with Crippen molar-refractivity contribution < 1.29 is 4.79 Å². The topological polar surface area (TPSA) is 62.2 Å². The van der Waals surface area contributed by atoms with Gasteiger partial charge in [-0.3, -0.25) is 9.78 Å². The van der Waals surface area contributed by atoms with Crippen molar-refractivity contribution in [3.05, 3.63) is 82.9 Å². The molecular weight excluding hydrogens is 442 g/mol. The molecule has 6 nitrogen and oxygen atoms in total. The number of amides is 1. The SMILES string of the molecule is Cc1ccccc1NC(=O)CCN1C(=S)N[C@@H](c2ccccn2)[C@@H]1c1cc(C)n(C(C)C)c1C. The maximum Gasteiger partial charge on any atom is 0.226 e. The summed E-state index contributed by atoms with van der Waals surface area (Å²) in [6.45, 7) is 11.2. The first-order valence-corrected chi connectivity index (χ1v) is 12.2. The van der Waals surface area contributed by atoms with E-state index in [1.807, 2.05) is 55.6 Å². The zero-order chi connectivity index (χ0) is 24.4. The summed E-state index contributed by atoms with van der Waals surface area (Å²) in [6, 6.07) is 16.2. The lowest BCUT2D eigenvalue weighted by Crippen LogP contribution is -2.33. The van der Waals surface area contributed by atoms with Gasteiger partial charge in [-0.25, -0.2) is 0 Å². The number of pyridine rings is 1. The van der Waals surface area contributed by atoms with E-state index < -0.39 is 0 Å². The van der Waals surface area contributed by atoms with Crippen LogP contribution in [0.1, 0.15) is 66.6 Å². The van der Waals surface area contributed by atoms with E-state index in [4.69, 9.17) is 12.2 Å². The zero-order valence-electron chi connectivity index (χ0n) is 20.5. The van der Waals surface area contributed by atoms with Gasteiger partial charge in [0.15, 0.2) is 5.11 Å². The van der Waals surface area contributed by atoms with Crippen LogP contribution in [0.5, 0.6) is 0 Å². The molecule has 1 fully saturated rings. The molecule has 2 N–H and O–H groups in total. The average molecular weight is 476 g/mol. The summed E-state index contributed by atoms with van der Waals surface area (Å²) in [4.78, 5) is 19.6. The van der Waals surface area contributed by atoms with Crippen LogP contribution in [0.25, 0.3) is 0 Å². The van der Waals surface area contributed by atoms with Gasteiger partial charge in [-0.05, 0) is 82.2 Å². The number of rotatable bonds is 7. The molecule has 0 unspecified atom stereocenters. The Balaban J connectivity index is 1.62. The van der Waals surface area contributed by atoms with Crippen molar-refractivity contribution in [1.29, 1.82) is 0 Å². The zero-order valence-corrected chi connectivity index (χ0v) is 21.3. The van der Waals surface area contributed by atoms with Crippen LogP contribution in [0, 0.1) is 20.8 Å². The van der Waals surface area contributed by atoms with Crippen molar-refractivity contribution in [3.63, 3.8) is 0 Å². The molecule has 1 aliphatic heterocycles. The third kappa shape index (κ3) is 4.71. The number of hydrogen-bond acceptors (Lipinski definition) is 3. The molecule has 2 atom stereocenters. The molecule has 2 aromatic heterocycles. The van der Waals surface area contributed by atoms with Crippen LogP contribution in [-0.4, -0.2) is 32.0 Å². The summed E-state index contributed by atoms with van der Waals surface area (Å²) in [6.07, 6.45) is 2.15. The fraction of sp³-hybridized carbons (Fsp3) is 0.370. The highest BCUT2D eigenvalue weighted by molar-refractivity contribution is 7.80. The highest BCUT2D eigenvalue weighted by Gasteiger charge is 2.41. The summed E-state index contributed by atoms with van der Waals surface area (Å²) < 4.78 is 2.36. The molecule has 3 heterocycles. The fourth-order valence-corrected chi connectivity index (χ4v) is 5.36. The summed E-state index contributed by atoms with van der Waals surface area (Å²) >= 11 is 5.78. The van der Waals surface area contributed by atoms with Crippen molar-refractivity contribution in [2.45, 2.75) is 59.2 Å². The Morgan fingerprint density at radius 1 is 1.15 bits per heavy atom. The van der Waals surface area contributed by atoms with Gasteiger partial charge in [0, 0.05) is 42.3 Å². The van der Waals surface area contributed by atoms with Gasteiger partial charge in [0.25, 0.3) is 0 Å². The predicted octanol–water partition coefficient (Wildman–Crippen LogP) is 5.39. The van der Waals surface area contributed by atoms with Gasteiger partial charge in [0.05, 0.1) is 17.8 Å². The number of carbonyl (C=O) groups excluding carboxylic acids is 1. The van der Waals surface area contributed by atoms with E-state index in [1.54, 1.807) is 0 Å². The van der Waals surface area contributed by atoms with Crippen LogP contribution in [0.15, 0.2) is 54.7 Å². The Kier molecular flexibility index (Phi) is 7.03. The molecule has 4 rings (SSSR count). The smallest absolute Gasteiger partial charge is 0.226 e. The molecule has 0 saturated carbocycles. The van der Waals surface area contributed by atoms with Gasteiger partial charge < -0.3 is 20.1 Å². The molecular formula is C27H33N5OS. The minimum absolute atomic E-state index is 0.0233. The lowest BCUT2D eigenvalue weighted by atomic mass is 9.96. The van der Waals surface area contributed by atoms with Gasteiger partial charge >= 0.3 is 0 Å². The normalized spacial score (nSPS) is 17.8. The maximum absolute atomic E-state index is 12.8. The van der Waals surface area contributed by atoms with E-state index in [1.165, 1.54) is 17.0 Å². The second-order valence-electron chi connectivity index (χ2n) is 9.22. The number of benzene rings is 1. The highest BCUT2D eigenvalue weighted by atomic mass is 32.1. The standard InChI is InChI=1S/C27H33N5OS/c1-17(2)32-19(4)16-21(20(32)5)26-25(23-12-8-9-14-28-23)30-27(34)31(26)15-13-24(33)29-22-11-7-6-10-18(22)3/h6-12,14,16-17,25-26H,13,15H2,1-5H3,(H,29,33)(H,30,34)/t25-,26-/m0/s1. The van der Waals surface area contributed by atoms with Crippen LogP contribution in [-0.2, 0) is 4.79 Å². The second-order valence-corrected chi connectivity index (χ2v) is 9.61. The van der Waals surface area contributed by atoms with Crippen molar-refractivity contribution in [2.24, 2.45) is 0 Å². The monoisotopic (exact) mass is 475 g/mol. The van der Waals surface area contributed by atoms with Crippen LogP contribution >= 0.6 is 12.2 Å². The van der Waals surface area contributed by atoms with Gasteiger partial charge in [-0.15, -0.1) is 0 Å². The molecule has 1 aliphatic rings. The van der Waals surface area contributed by atoms with Gasteiger partial charge in [0.2, 0.25) is 5.91 Å². The van der Waals surface area contributed by atoms with E-state index in [0.717, 1.165) is 16.9 Å². The Labute approximate surface area is 207 Å². The summed E-state index contributed by atoms with van der Waals surface area (Å²) in [5.74, 6) is -0.0233. The fourth-order valence-electron chi connectivity index (χ4n) is 5.03. The molecule has 178 valence electrons. The van der Waals surface area contributed by atoms with E-state index in [0.29, 0.717) is 24.1 Å². The quantitative estimate of drug-likeness (QED) is 0.449. The van der Waals surface area contributed by atoms with Crippen LogP contribution in [0.2, 0.25) is 0 Å². The highest BCUT2D eigenvalue weighted by Crippen LogP contribution is 2.41. The van der Waals surface area contributed by atoms with Crippen LogP contribution in [0.3, 0.4) is 0 Å². The lowest BCUT2D eigenvalue weighted by Gasteiger charge is -2.28. The number of para-hydroxylation sites is 1. The van der Waals surface area contributed by atoms with Crippen molar-refractivity contribution in [3.8, 4) is 0 Å². The summed E-state index contributed by atoms with van der Waals surface area (Å²) in [5.41, 5.74) is 6.49. The molecule has 1 saturated heterocycles. The molecule has 0 aliphatic carbocycles. The number of thiocarbonyl (C=S) groups is 1. The minimum Gasteiger partial charge on any atom is -0.352 e. The summed E-state index contributed by atoms with van der Waals surface area (Å²) in [5, 5.41) is 7.18. The van der Waals surface area contributed by atoms with E-state index >= 15 is 0 Å². The molecule has 1 amide bonds. The third-order valence-electron chi connectivity index (χ3n) is 6.56. The van der Waals surface area contributed by atoms with E-state index in [2.05, 4.69) is 58.8 Å². The lowest BCUT2D eigenvalue weighted by molar-refractivity contribution is -0.116. The van der Waals surface area contributed by atoms with Gasteiger partial charge in [-0.1, -0.05) is 24.3 Å². The van der Waals surface area contributed by atoms with Gasteiger partial charge in [0.1, 0.15) is 0 Å². The second kappa shape index (κ2) is 9.97. The number of carbonyl (C=O) groups is 1. The molecule has 7 heteroatoms. The molecule has 34 heavy (non-hydrogen) atoms. The predicted molar refractivity (Wildman–Crippen MR) is 141 cm³/mol. The molecule has 0 radical (unpaired) electrons. The largest absolute Gasteiger partial charge is 0.352 e. The number of anilines is 1. The number of nitrogens with zero attached hydrogens (tertiary/aromatic N) is 3. The Hall–Kier alpha value is -3.19.